The first-order valence-electron chi connectivity index (χ1n) is 15.6. The maximum absolute atomic E-state index is 14.7. The number of carboxylic acid groups (broad SMARTS) is 1. The van der Waals surface area contributed by atoms with E-state index >= 15 is 0 Å². The summed E-state index contributed by atoms with van der Waals surface area (Å²) in [7, 11) is -4.35. The van der Waals surface area contributed by atoms with E-state index in [9.17, 15) is 27.9 Å². The Morgan fingerprint density at radius 3 is 2.47 bits per heavy atom. The van der Waals surface area contributed by atoms with Gasteiger partial charge in [0, 0.05) is 37.5 Å². The fraction of sp³-hybridized carbons (Fsp3) is 0.344. The standard InChI is InChI=1S/C32H31Cl2N9O7S/c33-21-12-13-24(25(34)15-21)29-28(30(44)39-50-16-19-6-5-7-20(14-19)32(46)47)22-8-1-2-9-23(22)31(45)43(29)27-11-4-3-10-26(27)42(17-37-40-35)51(48,49)18-38-41-36/h1-2,5-9,12-15,26-29H,3-4,10-11,16-18H2,(H,39,44)(H,46,47)/t26-,27-,28+,29-/m0/s1. The summed E-state index contributed by atoms with van der Waals surface area (Å²) in [5, 5.41) is 16.6. The number of carbonyl (C=O) groups is 3. The summed E-state index contributed by atoms with van der Waals surface area (Å²) in [5.41, 5.74) is 21.9. The molecule has 0 saturated heterocycles. The Morgan fingerprint density at radius 2 is 1.75 bits per heavy atom. The predicted molar refractivity (Wildman–Crippen MR) is 186 cm³/mol. The quantitative estimate of drug-likeness (QED) is 0.0828. The third-order valence-electron chi connectivity index (χ3n) is 8.85. The molecule has 3 aromatic carbocycles. The number of carboxylic acids is 1. The number of sulfonamides is 1. The van der Waals surface area contributed by atoms with Gasteiger partial charge in [-0.3, -0.25) is 14.4 Å². The van der Waals surface area contributed by atoms with Crippen LogP contribution in [0.1, 0.15) is 75.0 Å². The van der Waals surface area contributed by atoms with Crippen LogP contribution < -0.4 is 5.48 Å². The van der Waals surface area contributed by atoms with Crippen LogP contribution in [0.25, 0.3) is 20.9 Å². The molecule has 2 aliphatic rings. The van der Waals surface area contributed by atoms with E-state index in [-0.39, 0.29) is 29.2 Å². The normalized spacial score (nSPS) is 20.1. The van der Waals surface area contributed by atoms with Gasteiger partial charge in [0.15, 0.2) is 0 Å². The molecule has 16 nitrogen and oxygen atoms in total. The number of nitrogens with one attached hydrogen (secondary N) is 1. The van der Waals surface area contributed by atoms with Crippen molar-refractivity contribution in [2.45, 2.75) is 56.3 Å². The molecular formula is C32H31Cl2N9O7S. The Bertz CT molecular complexity index is 2040. The molecule has 4 atom stereocenters. The molecule has 19 heteroatoms. The third-order valence-corrected chi connectivity index (χ3v) is 11.0. The van der Waals surface area contributed by atoms with Gasteiger partial charge < -0.3 is 10.0 Å². The van der Waals surface area contributed by atoms with Gasteiger partial charge >= 0.3 is 5.97 Å². The molecule has 1 aliphatic heterocycles. The third kappa shape index (κ3) is 8.21. The Balaban J connectivity index is 1.62. The van der Waals surface area contributed by atoms with Crippen LogP contribution in [0.4, 0.5) is 0 Å². The number of amides is 2. The van der Waals surface area contributed by atoms with Crippen LogP contribution in [-0.2, 0) is 26.3 Å². The molecule has 51 heavy (non-hydrogen) atoms. The summed E-state index contributed by atoms with van der Waals surface area (Å²) in [5.74, 6) is -4.40. The zero-order chi connectivity index (χ0) is 36.7. The van der Waals surface area contributed by atoms with E-state index < -0.39 is 64.4 Å². The van der Waals surface area contributed by atoms with Crippen molar-refractivity contribution in [1.82, 2.24) is 14.7 Å². The van der Waals surface area contributed by atoms with Crippen LogP contribution in [0.2, 0.25) is 10.0 Å². The monoisotopic (exact) mass is 755 g/mol. The molecule has 0 spiro atoms. The summed E-state index contributed by atoms with van der Waals surface area (Å²) in [6, 6.07) is 14.2. The van der Waals surface area contributed by atoms with Crippen molar-refractivity contribution < 1.29 is 32.7 Å². The molecular weight excluding hydrogens is 725 g/mol. The van der Waals surface area contributed by atoms with Crippen molar-refractivity contribution in [3.05, 3.63) is 125 Å². The smallest absolute Gasteiger partial charge is 0.335 e. The van der Waals surface area contributed by atoms with E-state index in [2.05, 4.69) is 25.5 Å². The van der Waals surface area contributed by atoms with E-state index in [4.69, 9.17) is 39.1 Å². The summed E-state index contributed by atoms with van der Waals surface area (Å²) < 4.78 is 28.0. The lowest BCUT2D eigenvalue weighted by atomic mass is 9.76. The number of azide groups is 2. The number of fused-ring (bicyclic) bond motifs is 1. The van der Waals surface area contributed by atoms with Gasteiger partial charge in [-0.05, 0) is 70.9 Å². The summed E-state index contributed by atoms with van der Waals surface area (Å²) in [4.78, 5) is 52.8. The predicted octanol–water partition coefficient (Wildman–Crippen LogP) is 6.70. The number of hydrogen-bond donors (Lipinski definition) is 2. The Kier molecular flexibility index (Phi) is 12.1. The molecule has 1 aliphatic carbocycles. The number of carbonyl (C=O) groups excluding carboxylic acids is 2. The maximum atomic E-state index is 14.7. The van der Waals surface area contributed by atoms with Crippen LogP contribution in [0.15, 0.2) is 77.0 Å². The Labute approximate surface area is 302 Å². The first-order valence-corrected chi connectivity index (χ1v) is 18.0. The van der Waals surface area contributed by atoms with Gasteiger partial charge in [0.25, 0.3) is 11.8 Å². The van der Waals surface area contributed by atoms with Gasteiger partial charge in [0.05, 0.1) is 30.8 Å². The van der Waals surface area contributed by atoms with Crippen LogP contribution in [0.3, 0.4) is 0 Å². The van der Waals surface area contributed by atoms with Crippen LogP contribution >= 0.6 is 23.2 Å². The lowest BCUT2D eigenvalue weighted by Crippen LogP contribution is -2.60. The molecule has 0 aromatic heterocycles. The highest BCUT2D eigenvalue weighted by Gasteiger charge is 2.51. The minimum atomic E-state index is -4.35. The second kappa shape index (κ2) is 16.4. The van der Waals surface area contributed by atoms with Gasteiger partial charge in [-0.1, -0.05) is 82.7 Å². The zero-order valence-corrected chi connectivity index (χ0v) is 29.1. The lowest BCUT2D eigenvalue weighted by molar-refractivity contribution is -0.138. The van der Waals surface area contributed by atoms with E-state index in [1.54, 1.807) is 48.5 Å². The van der Waals surface area contributed by atoms with E-state index in [0.717, 1.165) is 4.31 Å². The molecule has 3 aromatic rings. The summed E-state index contributed by atoms with van der Waals surface area (Å²) in [6.45, 7) is -0.814. The molecule has 2 N–H and O–H groups in total. The largest absolute Gasteiger partial charge is 0.478 e. The van der Waals surface area contributed by atoms with Gasteiger partial charge in [-0.2, -0.15) is 4.31 Å². The molecule has 0 bridgehead atoms. The second-order valence-corrected chi connectivity index (χ2v) is 14.5. The van der Waals surface area contributed by atoms with Crippen molar-refractivity contribution in [2.75, 3.05) is 12.5 Å². The highest BCUT2D eigenvalue weighted by Crippen LogP contribution is 2.48. The lowest BCUT2D eigenvalue weighted by Gasteiger charge is -2.50. The second-order valence-electron chi connectivity index (χ2n) is 11.8. The Hall–Kier alpha value is -4.86. The van der Waals surface area contributed by atoms with E-state index in [1.165, 1.54) is 23.1 Å². The average Bonchev–Trinajstić information content (AvgIpc) is 3.11. The first kappa shape index (κ1) is 37.4. The van der Waals surface area contributed by atoms with Crippen molar-refractivity contribution >= 4 is 51.0 Å². The number of aromatic carboxylic acids is 1. The minimum absolute atomic E-state index is 0.0354. The van der Waals surface area contributed by atoms with Crippen LogP contribution in [0.5, 0.6) is 0 Å². The van der Waals surface area contributed by atoms with Crippen LogP contribution in [0, 0.1) is 0 Å². The van der Waals surface area contributed by atoms with Crippen molar-refractivity contribution in [2.24, 2.45) is 10.2 Å². The molecule has 1 saturated carbocycles. The summed E-state index contributed by atoms with van der Waals surface area (Å²) >= 11 is 13.1. The average molecular weight is 757 g/mol. The van der Waals surface area contributed by atoms with Crippen molar-refractivity contribution in [3.63, 3.8) is 0 Å². The highest BCUT2D eigenvalue weighted by molar-refractivity contribution is 7.89. The Morgan fingerprint density at radius 1 is 1.00 bits per heavy atom. The number of hydrogen-bond acceptors (Lipinski definition) is 8. The van der Waals surface area contributed by atoms with Crippen LogP contribution in [-0.4, -0.2) is 65.1 Å². The molecule has 5 rings (SSSR count). The van der Waals surface area contributed by atoms with Gasteiger partial charge in [0.2, 0.25) is 10.0 Å². The first-order chi connectivity index (χ1) is 24.5. The fourth-order valence-corrected chi connectivity index (χ4v) is 8.49. The molecule has 1 heterocycles. The van der Waals surface area contributed by atoms with Crippen molar-refractivity contribution in [3.8, 4) is 0 Å². The molecule has 0 unspecified atom stereocenters. The zero-order valence-electron chi connectivity index (χ0n) is 26.7. The van der Waals surface area contributed by atoms with Gasteiger partial charge in [-0.25, -0.2) is 18.7 Å². The number of benzene rings is 3. The van der Waals surface area contributed by atoms with E-state index in [1.807, 2.05) is 0 Å². The number of rotatable bonds is 13. The molecule has 1 fully saturated rings. The SMILES string of the molecule is [N-]=[N+]=NCN([C@H]1CCCC[C@@H]1N1C(=O)c2ccccc2[C@@H](C(=O)NOCc2cccc(C(=O)O)c2)[C@@H]1c1ccc(Cl)cc1Cl)S(=O)(=O)CN=[N+]=[N-]. The summed E-state index contributed by atoms with van der Waals surface area (Å²) in [6.07, 6.45) is 1.71. The fourth-order valence-electron chi connectivity index (χ4n) is 6.73. The molecule has 266 valence electrons. The van der Waals surface area contributed by atoms with Gasteiger partial charge in [0.1, 0.15) is 5.88 Å². The van der Waals surface area contributed by atoms with Gasteiger partial charge in [-0.15, -0.1) is 0 Å². The number of hydroxylamine groups is 1. The number of nitrogens with zero attached hydrogens (tertiary/aromatic N) is 8. The van der Waals surface area contributed by atoms with Crippen molar-refractivity contribution in [1.29, 1.82) is 0 Å². The highest BCUT2D eigenvalue weighted by atomic mass is 35.5. The molecule has 0 radical (unpaired) electrons. The van der Waals surface area contributed by atoms with E-state index in [0.29, 0.717) is 41.0 Å². The topological polar surface area (TPSA) is 231 Å². The minimum Gasteiger partial charge on any atom is -0.478 e. The maximum Gasteiger partial charge on any atom is 0.335 e. The number of halogens is 2. The molecule has 2 amide bonds.